The summed E-state index contributed by atoms with van der Waals surface area (Å²) in [5.74, 6) is 1.98. The Bertz CT molecular complexity index is 975. The number of fused-ring (bicyclic) bond motifs is 1. The Morgan fingerprint density at radius 1 is 1.18 bits per heavy atom. The third-order valence-corrected chi connectivity index (χ3v) is 5.16. The quantitative estimate of drug-likeness (QED) is 0.566. The maximum Gasteiger partial charge on any atom is 0.277 e. The highest BCUT2D eigenvalue weighted by atomic mass is 32.2. The van der Waals surface area contributed by atoms with Crippen LogP contribution in [0.5, 0.6) is 11.5 Å². The van der Waals surface area contributed by atoms with Crippen LogP contribution in [0.3, 0.4) is 0 Å². The third-order valence-electron chi connectivity index (χ3n) is 4.36. The topological polar surface area (TPSA) is 77.7 Å². The average Bonchev–Trinajstić information content (AvgIpc) is 3.37. The first-order chi connectivity index (χ1) is 13.7. The molecule has 4 rings (SSSR count). The van der Waals surface area contributed by atoms with E-state index in [0.717, 1.165) is 12.1 Å². The van der Waals surface area contributed by atoms with Crippen molar-refractivity contribution in [2.45, 2.75) is 18.3 Å². The van der Waals surface area contributed by atoms with E-state index in [1.807, 2.05) is 41.3 Å². The van der Waals surface area contributed by atoms with Crippen LogP contribution in [0, 0.1) is 0 Å². The molecule has 0 fully saturated rings. The van der Waals surface area contributed by atoms with E-state index in [9.17, 15) is 4.79 Å². The molecular formula is C20H19N3O4S. The second-order valence-corrected chi connectivity index (χ2v) is 7.07. The molecule has 0 unspecified atom stereocenters. The number of para-hydroxylation sites is 1. The maximum absolute atomic E-state index is 12.5. The first kappa shape index (κ1) is 18.4. The molecule has 0 spiro atoms. The number of ether oxygens (including phenoxy) is 2. The van der Waals surface area contributed by atoms with E-state index in [-0.39, 0.29) is 18.3 Å². The van der Waals surface area contributed by atoms with Crippen LogP contribution in [0.15, 0.2) is 58.2 Å². The molecule has 0 radical (unpaired) electrons. The minimum atomic E-state index is 0.0299. The second-order valence-electron chi connectivity index (χ2n) is 6.14. The normalized spacial score (nSPS) is 12.7. The monoisotopic (exact) mass is 397 g/mol. The zero-order chi connectivity index (χ0) is 19.3. The fourth-order valence-electron chi connectivity index (χ4n) is 2.99. The number of nitrogens with zero attached hydrogens (tertiary/aromatic N) is 3. The van der Waals surface area contributed by atoms with Gasteiger partial charge in [0, 0.05) is 18.3 Å². The molecule has 1 aliphatic rings. The van der Waals surface area contributed by atoms with Crippen LogP contribution in [0.2, 0.25) is 0 Å². The summed E-state index contributed by atoms with van der Waals surface area (Å²) in [5.41, 5.74) is 2.20. The van der Waals surface area contributed by atoms with Crippen molar-refractivity contribution in [3.05, 3.63) is 60.0 Å². The first-order valence-corrected chi connectivity index (χ1v) is 9.82. The summed E-state index contributed by atoms with van der Waals surface area (Å²) in [6.07, 6.45) is 0.888. The molecule has 3 aromatic rings. The number of carbonyl (C=O) groups excluding carboxylic acids is 1. The molecule has 1 aromatic heterocycles. The van der Waals surface area contributed by atoms with Gasteiger partial charge >= 0.3 is 0 Å². The van der Waals surface area contributed by atoms with Gasteiger partial charge in [0.15, 0.2) is 6.61 Å². The molecule has 0 saturated heterocycles. The molecule has 2 heterocycles. The number of amides is 1. The van der Waals surface area contributed by atoms with Gasteiger partial charge in [-0.25, -0.2) is 0 Å². The van der Waals surface area contributed by atoms with Gasteiger partial charge in [0.25, 0.3) is 11.1 Å². The Morgan fingerprint density at radius 3 is 2.93 bits per heavy atom. The molecule has 0 atom stereocenters. The number of rotatable bonds is 7. The van der Waals surface area contributed by atoms with Gasteiger partial charge in [-0.3, -0.25) is 4.79 Å². The fraction of sp³-hybridized carbons (Fsp3) is 0.250. The molecule has 0 N–H and O–H groups in total. The van der Waals surface area contributed by atoms with Crippen molar-refractivity contribution in [3.63, 3.8) is 0 Å². The van der Waals surface area contributed by atoms with Crippen LogP contribution in [0.25, 0.3) is 0 Å². The van der Waals surface area contributed by atoms with Gasteiger partial charge in [0.2, 0.25) is 5.91 Å². The Kier molecular flexibility index (Phi) is 5.48. The molecule has 0 bridgehead atoms. The minimum absolute atomic E-state index is 0.0299. The molecule has 7 nitrogen and oxygen atoms in total. The summed E-state index contributed by atoms with van der Waals surface area (Å²) in [6.45, 7) is 0.858. The van der Waals surface area contributed by atoms with Crippen LogP contribution in [0.4, 0.5) is 5.69 Å². The summed E-state index contributed by atoms with van der Waals surface area (Å²) in [5, 5.41) is 8.29. The van der Waals surface area contributed by atoms with E-state index in [1.54, 1.807) is 13.2 Å². The summed E-state index contributed by atoms with van der Waals surface area (Å²) in [7, 11) is 1.60. The van der Waals surface area contributed by atoms with Crippen molar-refractivity contribution < 1.29 is 18.7 Å². The van der Waals surface area contributed by atoms with Crippen molar-refractivity contribution in [2.24, 2.45) is 0 Å². The van der Waals surface area contributed by atoms with Gasteiger partial charge in [0.1, 0.15) is 11.5 Å². The molecule has 1 amide bonds. The van der Waals surface area contributed by atoms with Crippen molar-refractivity contribution in [3.8, 4) is 11.5 Å². The summed E-state index contributed by atoms with van der Waals surface area (Å²) in [4.78, 5) is 14.3. The molecule has 2 aromatic carbocycles. The number of hydrogen-bond acceptors (Lipinski definition) is 7. The number of anilines is 1. The molecule has 0 saturated carbocycles. The van der Waals surface area contributed by atoms with Crippen LogP contribution >= 0.6 is 11.8 Å². The highest BCUT2D eigenvalue weighted by Gasteiger charge is 2.24. The van der Waals surface area contributed by atoms with Crippen molar-refractivity contribution in [2.75, 3.05) is 24.3 Å². The standard InChI is InChI=1S/C20H19N3O4S/c1-25-15-6-4-7-16(11-15)26-12-18-21-22-20(27-18)28-13-19(24)23-10-9-14-5-2-3-8-17(14)23/h2-8,11H,9-10,12-13H2,1H3. The van der Waals surface area contributed by atoms with Crippen LogP contribution < -0.4 is 14.4 Å². The third kappa shape index (κ3) is 4.12. The van der Waals surface area contributed by atoms with E-state index in [1.165, 1.54) is 17.3 Å². The molecule has 1 aliphatic heterocycles. The summed E-state index contributed by atoms with van der Waals surface area (Å²) < 4.78 is 16.4. The molecular weight excluding hydrogens is 378 g/mol. The smallest absolute Gasteiger partial charge is 0.277 e. The van der Waals surface area contributed by atoms with Crippen LogP contribution in [-0.4, -0.2) is 35.5 Å². The maximum atomic E-state index is 12.5. The Hall–Kier alpha value is -3.00. The lowest BCUT2D eigenvalue weighted by atomic mass is 10.2. The van der Waals surface area contributed by atoms with Gasteiger partial charge in [-0.05, 0) is 30.2 Å². The van der Waals surface area contributed by atoms with E-state index < -0.39 is 0 Å². The largest absolute Gasteiger partial charge is 0.497 e. The second kappa shape index (κ2) is 8.35. The molecule has 144 valence electrons. The zero-order valence-corrected chi connectivity index (χ0v) is 16.1. The number of thioether (sulfide) groups is 1. The lowest BCUT2D eigenvalue weighted by Gasteiger charge is -2.16. The van der Waals surface area contributed by atoms with Gasteiger partial charge < -0.3 is 18.8 Å². The van der Waals surface area contributed by atoms with Gasteiger partial charge in [-0.2, -0.15) is 0 Å². The lowest BCUT2D eigenvalue weighted by molar-refractivity contribution is -0.116. The average molecular weight is 397 g/mol. The van der Waals surface area contributed by atoms with Crippen LogP contribution in [-0.2, 0) is 17.8 Å². The van der Waals surface area contributed by atoms with E-state index >= 15 is 0 Å². The number of hydrogen-bond donors (Lipinski definition) is 0. The number of aromatic nitrogens is 2. The van der Waals surface area contributed by atoms with Crippen molar-refractivity contribution >= 4 is 23.4 Å². The van der Waals surface area contributed by atoms with E-state index in [4.69, 9.17) is 13.9 Å². The molecule has 8 heteroatoms. The van der Waals surface area contributed by atoms with Crippen molar-refractivity contribution in [1.82, 2.24) is 10.2 Å². The first-order valence-electron chi connectivity index (χ1n) is 8.83. The SMILES string of the molecule is COc1cccc(OCc2nnc(SCC(=O)N3CCc4ccccc43)o2)c1. The Labute approximate surface area is 166 Å². The minimum Gasteiger partial charge on any atom is -0.497 e. The van der Waals surface area contributed by atoms with E-state index in [0.29, 0.717) is 29.2 Å². The summed E-state index contributed by atoms with van der Waals surface area (Å²) >= 11 is 1.23. The highest BCUT2D eigenvalue weighted by Crippen LogP contribution is 2.29. The molecule has 0 aliphatic carbocycles. The number of methoxy groups -OCH3 is 1. The predicted molar refractivity (Wildman–Crippen MR) is 105 cm³/mol. The summed E-state index contributed by atoms with van der Waals surface area (Å²) in [6, 6.07) is 15.3. The van der Waals surface area contributed by atoms with Crippen molar-refractivity contribution in [1.29, 1.82) is 0 Å². The Morgan fingerprint density at radius 2 is 2.04 bits per heavy atom. The number of carbonyl (C=O) groups is 1. The predicted octanol–water partition coefficient (Wildman–Crippen LogP) is 3.34. The highest BCUT2D eigenvalue weighted by molar-refractivity contribution is 7.99. The Balaban J connectivity index is 1.30. The van der Waals surface area contributed by atoms with Gasteiger partial charge in [-0.1, -0.05) is 36.0 Å². The molecule has 28 heavy (non-hydrogen) atoms. The zero-order valence-electron chi connectivity index (χ0n) is 15.3. The van der Waals surface area contributed by atoms with Gasteiger partial charge in [0.05, 0.1) is 12.9 Å². The van der Waals surface area contributed by atoms with Gasteiger partial charge in [-0.15, -0.1) is 10.2 Å². The number of benzene rings is 2. The fourth-order valence-corrected chi connectivity index (χ4v) is 3.65. The van der Waals surface area contributed by atoms with E-state index in [2.05, 4.69) is 16.3 Å². The lowest BCUT2D eigenvalue weighted by Crippen LogP contribution is -2.30. The van der Waals surface area contributed by atoms with Crippen LogP contribution in [0.1, 0.15) is 11.5 Å².